The summed E-state index contributed by atoms with van der Waals surface area (Å²) in [6.07, 6.45) is 1.12. The molecule has 1 aromatic rings. The molecular weight excluding hydrogens is 262 g/mol. The van der Waals surface area contributed by atoms with Crippen LogP contribution in [-0.4, -0.2) is 54.2 Å². The first-order chi connectivity index (χ1) is 9.20. The second kappa shape index (κ2) is 7.10. The minimum absolute atomic E-state index is 0.234. The average molecular weight is 284 g/mol. The molecule has 1 aliphatic rings. The fourth-order valence-corrected chi connectivity index (χ4v) is 2.75. The molecule has 2 rings (SSSR count). The van der Waals surface area contributed by atoms with Gasteiger partial charge in [-0.15, -0.1) is 0 Å². The molecule has 0 unspecified atom stereocenters. The van der Waals surface area contributed by atoms with Crippen molar-refractivity contribution in [1.82, 2.24) is 9.80 Å². The molecule has 0 spiro atoms. The minimum Gasteiger partial charge on any atom is -0.398 e. The van der Waals surface area contributed by atoms with Crippen LogP contribution in [0.4, 0.5) is 5.69 Å². The van der Waals surface area contributed by atoms with E-state index in [2.05, 4.69) is 9.80 Å². The van der Waals surface area contributed by atoms with E-state index in [0.29, 0.717) is 0 Å². The number of rotatable bonds is 4. The number of aliphatic hydroxyl groups excluding tert-OH is 1. The Balaban J connectivity index is 1.96. The Morgan fingerprint density at radius 1 is 1.16 bits per heavy atom. The molecule has 0 amide bonds. The lowest BCUT2D eigenvalue weighted by Crippen LogP contribution is -2.32. The van der Waals surface area contributed by atoms with Crippen LogP contribution in [0.5, 0.6) is 0 Å². The summed E-state index contributed by atoms with van der Waals surface area (Å²) in [7, 11) is 0. The Morgan fingerprint density at radius 3 is 2.63 bits per heavy atom. The average Bonchev–Trinajstić information content (AvgIpc) is 2.60. The molecule has 1 saturated heterocycles. The third-order valence-corrected chi connectivity index (χ3v) is 3.99. The highest BCUT2D eigenvalue weighted by Gasteiger charge is 2.16. The van der Waals surface area contributed by atoms with Gasteiger partial charge in [-0.05, 0) is 31.6 Å². The van der Waals surface area contributed by atoms with Crippen molar-refractivity contribution in [2.75, 3.05) is 45.1 Å². The minimum atomic E-state index is 0.234. The molecule has 106 valence electrons. The standard InChI is InChI=1S/C14H22ClN3O/c15-13-3-1-4-14(16)12(13)11-18-6-2-5-17(7-8-18)9-10-19/h1,3-4,19H,2,5-11,16H2. The number of aliphatic hydroxyl groups is 1. The second-order valence-electron chi connectivity index (χ2n) is 5.00. The maximum absolute atomic E-state index is 8.99. The first kappa shape index (κ1) is 14.6. The van der Waals surface area contributed by atoms with Gasteiger partial charge in [0.25, 0.3) is 0 Å². The van der Waals surface area contributed by atoms with Crippen molar-refractivity contribution in [2.45, 2.75) is 13.0 Å². The van der Waals surface area contributed by atoms with E-state index in [9.17, 15) is 0 Å². The molecule has 0 saturated carbocycles. The summed E-state index contributed by atoms with van der Waals surface area (Å²) >= 11 is 6.22. The van der Waals surface area contributed by atoms with Gasteiger partial charge in [-0.1, -0.05) is 17.7 Å². The van der Waals surface area contributed by atoms with Crippen molar-refractivity contribution in [1.29, 1.82) is 0 Å². The van der Waals surface area contributed by atoms with Crippen LogP contribution in [0, 0.1) is 0 Å². The summed E-state index contributed by atoms with van der Waals surface area (Å²) in [5.74, 6) is 0. The Kier molecular flexibility index (Phi) is 5.45. The summed E-state index contributed by atoms with van der Waals surface area (Å²) in [6.45, 7) is 5.88. The molecule has 3 N–H and O–H groups in total. The number of benzene rings is 1. The van der Waals surface area contributed by atoms with Gasteiger partial charge in [-0.3, -0.25) is 9.80 Å². The van der Waals surface area contributed by atoms with Gasteiger partial charge in [0.2, 0.25) is 0 Å². The lowest BCUT2D eigenvalue weighted by Gasteiger charge is -2.22. The van der Waals surface area contributed by atoms with Crippen LogP contribution in [-0.2, 0) is 6.54 Å². The number of nitrogens with zero attached hydrogens (tertiary/aromatic N) is 2. The Bertz CT molecular complexity index is 393. The molecule has 0 aliphatic carbocycles. The largest absolute Gasteiger partial charge is 0.398 e. The van der Waals surface area contributed by atoms with Gasteiger partial charge >= 0.3 is 0 Å². The van der Waals surface area contributed by atoms with Gasteiger partial charge in [-0.25, -0.2) is 0 Å². The number of nitrogens with two attached hydrogens (primary N) is 1. The summed E-state index contributed by atoms with van der Waals surface area (Å²) in [5.41, 5.74) is 7.79. The van der Waals surface area contributed by atoms with E-state index in [1.165, 1.54) is 0 Å². The van der Waals surface area contributed by atoms with Gasteiger partial charge < -0.3 is 10.8 Å². The Hall–Kier alpha value is -0.810. The van der Waals surface area contributed by atoms with E-state index in [-0.39, 0.29) is 6.61 Å². The summed E-state index contributed by atoms with van der Waals surface area (Å²) in [6, 6.07) is 5.67. The van der Waals surface area contributed by atoms with E-state index < -0.39 is 0 Å². The smallest absolute Gasteiger partial charge is 0.0558 e. The highest BCUT2D eigenvalue weighted by atomic mass is 35.5. The van der Waals surface area contributed by atoms with Crippen LogP contribution in [0.2, 0.25) is 5.02 Å². The summed E-state index contributed by atoms with van der Waals surface area (Å²) in [5, 5.41) is 9.74. The van der Waals surface area contributed by atoms with Gasteiger partial charge in [0, 0.05) is 42.5 Å². The molecule has 19 heavy (non-hydrogen) atoms. The molecule has 1 aromatic carbocycles. The van der Waals surface area contributed by atoms with Crippen LogP contribution in [0.1, 0.15) is 12.0 Å². The normalized spacial score (nSPS) is 18.4. The van der Waals surface area contributed by atoms with Crippen molar-refractivity contribution < 1.29 is 5.11 Å². The van der Waals surface area contributed by atoms with E-state index in [4.69, 9.17) is 22.4 Å². The fraction of sp³-hybridized carbons (Fsp3) is 0.571. The maximum atomic E-state index is 8.99. The third-order valence-electron chi connectivity index (χ3n) is 3.63. The Morgan fingerprint density at radius 2 is 1.89 bits per heavy atom. The molecular formula is C14H22ClN3O. The lowest BCUT2D eigenvalue weighted by molar-refractivity contribution is 0.196. The zero-order chi connectivity index (χ0) is 13.7. The highest BCUT2D eigenvalue weighted by Crippen LogP contribution is 2.24. The first-order valence-corrected chi connectivity index (χ1v) is 7.17. The van der Waals surface area contributed by atoms with Gasteiger partial charge in [0.1, 0.15) is 0 Å². The van der Waals surface area contributed by atoms with Crippen molar-refractivity contribution in [3.63, 3.8) is 0 Å². The predicted molar refractivity (Wildman–Crippen MR) is 79.3 cm³/mol. The SMILES string of the molecule is Nc1cccc(Cl)c1CN1CCCN(CCO)CC1. The molecule has 1 fully saturated rings. The van der Waals surface area contributed by atoms with Gasteiger partial charge in [0.05, 0.1) is 6.61 Å². The fourth-order valence-electron chi connectivity index (χ4n) is 2.51. The number of hydrogen-bond donors (Lipinski definition) is 2. The molecule has 0 radical (unpaired) electrons. The first-order valence-electron chi connectivity index (χ1n) is 6.79. The monoisotopic (exact) mass is 283 g/mol. The van der Waals surface area contributed by atoms with Crippen LogP contribution < -0.4 is 5.73 Å². The predicted octanol–water partition coefficient (Wildman–Crippen LogP) is 1.42. The number of halogens is 1. The molecule has 0 aromatic heterocycles. The summed E-state index contributed by atoms with van der Waals surface area (Å²) < 4.78 is 0. The van der Waals surface area contributed by atoms with Crippen LogP contribution in [0.25, 0.3) is 0 Å². The van der Waals surface area contributed by atoms with Crippen molar-refractivity contribution in [3.05, 3.63) is 28.8 Å². The zero-order valence-corrected chi connectivity index (χ0v) is 11.9. The van der Waals surface area contributed by atoms with E-state index in [1.807, 2.05) is 18.2 Å². The number of anilines is 1. The molecule has 0 atom stereocenters. The lowest BCUT2D eigenvalue weighted by atomic mass is 10.1. The van der Waals surface area contributed by atoms with Crippen molar-refractivity contribution in [3.8, 4) is 0 Å². The second-order valence-corrected chi connectivity index (χ2v) is 5.41. The molecule has 1 heterocycles. The maximum Gasteiger partial charge on any atom is 0.0558 e. The number of β-amino-alcohol motifs (C(OH)–C–C–N with tert-alkyl or cyclic N) is 1. The molecule has 5 heteroatoms. The topological polar surface area (TPSA) is 52.7 Å². The Labute approximate surface area is 119 Å². The quantitative estimate of drug-likeness (QED) is 0.821. The van der Waals surface area contributed by atoms with Gasteiger partial charge in [0.15, 0.2) is 0 Å². The van der Waals surface area contributed by atoms with Crippen LogP contribution in [0.3, 0.4) is 0 Å². The van der Waals surface area contributed by atoms with Gasteiger partial charge in [-0.2, -0.15) is 0 Å². The molecule has 4 nitrogen and oxygen atoms in total. The zero-order valence-electron chi connectivity index (χ0n) is 11.2. The van der Waals surface area contributed by atoms with Crippen molar-refractivity contribution in [2.24, 2.45) is 0 Å². The summed E-state index contributed by atoms with van der Waals surface area (Å²) in [4.78, 5) is 4.69. The van der Waals surface area contributed by atoms with Crippen molar-refractivity contribution >= 4 is 17.3 Å². The van der Waals surface area contributed by atoms with Crippen LogP contribution >= 0.6 is 11.6 Å². The molecule has 1 aliphatic heterocycles. The molecule has 0 bridgehead atoms. The number of nitrogen functional groups attached to an aromatic ring is 1. The third kappa shape index (κ3) is 4.08. The van der Waals surface area contributed by atoms with Crippen LogP contribution in [0.15, 0.2) is 18.2 Å². The highest BCUT2D eigenvalue weighted by molar-refractivity contribution is 6.31. The van der Waals surface area contributed by atoms with E-state index in [1.54, 1.807) is 0 Å². The van der Waals surface area contributed by atoms with E-state index in [0.717, 1.165) is 62.0 Å². The van der Waals surface area contributed by atoms with E-state index >= 15 is 0 Å². The number of hydrogen-bond acceptors (Lipinski definition) is 4.